The van der Waals surface area contributed by atoms with Gasteiger partial charge in [-0.05, 0) is 409 Å². The molecule has 0 fully saturated rings. The Morgan fingerprint density at radius 2 is 0.469 bits per heavy atom. The van der Waals surface area contributed by atoms with Crippen LogP contribution in [0.5, 0.6) is 0 Å². The highest BCUT2D eigenvalue weighted by molar-refractivity contribution is 6.12. The van der Waals surface area contributed by atoms with Crippen molar-refractivity contribution in [2.75, 3.05) is 0 Å². The molecule has 0 atom stereocenters. The molecule has 19 rings (SSSR count). The highest BCUT2D eigenvalue weighted by atomic mass is 15.1. The van der Waals surface area contributed by atoms with Crippen LogP contribution in [0.15, 0.2) is 328 Å². The first-order valence-electron chi connectivity index (χ1n) is 46.7. The van der Waals surface area contributed by atoms with E-state index in [4.69, 9.17) is 4.98 Å². The quantitative estimate of drug-likeness (QED) is 0.106. The molecule has 130 heavy (non-hydrogen) atoms. The first-order chi connectivity index (χ1) is 61.9. The van der Waals surface area contributed by atoms with Gasteiger partial charge in [0.15, 0.2) is 0 Å². The van der Waals surface area contributed by atoms with Gasteiger partial charge in [0.25, 0.3) is 0 Å². The molecular formula is C128H120N2. The number of para-hydroxylation sites is 1. The zero-order chi connectivity index (χ0) is 91.1. The van der Waals surface area contributed by atoms with Gasteiger partial charge in [-0.25, -0.2) is 4.98 Å². The van der Waals surface area contributed by atoms with Gasteiger partial charge < -0.3 is 0 Å². The molecule has 1 aliphatic carbocycles. The topological polar surface area (TPSA) is 17.8 Å². The summed E-state index contributed by atoms with van der Waals surface area (Å²) in [5.41, 5.74) is 53.4. The minimum absolute atomic E-state index is 0.0310. The van der Waals surface area contributed by atoms with E-state index >= 15 is 0 Å². The van der Waals surface area contributed by atoms with E-state index in [-0.39, 0.29) is 27.1 Å². The highest BCUT2D eigenvalue weighted by Gasteiger charge is 2.37. The molecule has 2 aromatic heterocycles. The average Bonchev–Trinajstić information content (AvgIpc) is 1.55. The van der Waals surface area contributed by atoms with E-state index in [0.717, 1.165) is 94.9 Å². The van der Waals surface area contributed by atoms with E-state index in [9.17, 15) is 0 Å². The summed E-state index contributed by atoms with van der Waals surface area (Å²) in [5.74, 6) is 0.852. The normalized spacial score (nSPS) is 12.8. The Balaban J connectivity index is 0.765. The fraction of sp³-hybridized carbons (Fsp3) is 0.211. The lowest BCUT2D eigenvalue weighted by molar-refractivity contribution is 0.589. The summed E-state index contributed by atoms with van der Waals surface area (Å²) in [5, 5.41) is 2.40. The van der Waals surface area contributed by atoms with Crippen molar-refractivity contribution in [2.45, 2.75) is 179 Å². The van der Waals surface area contributed by atoms with Gasteiger partial charge in [-0.3, -0.25) is 4.57 Å². The maximum absolute atomic E-state index is 5.97. The first kappa shape index (κ1) is 85.9. The number of hydrogen-bond acceptors (Lipinski definition) is 1. The monoisotopic (exact) mass is 1680 g/mol. The van der Waals surface area contributed by atoms with Crippen LogP contribution in [0.3, 0.4) is 0 Å². The Kier molecular flexibility index (Phi) is 21.5. The van der Waals surface area contributed by atoms with Crippen molar-refractivity contribution in [1.82, 2.24) is 9.55 Å². The van der Waals surface area contributed by atoms with E-state index in [2.05, 4.69) is 484 Å². The van der Waals surface area contributed by atoms with Crippen LogP contribution in [0.1, 0.15) is 175 Å². The van der Waals surface area contributed by atoms with Crippen LogP contribution in [-0.2, 0) is 27.1 Å². The summed E-state index contributed by atoms with van der Waals surface area (Å²) >= 11 is 0. The second-order valence-corrected chi connectivity index (χ2v) is 42.1. The number of nitrogens with zero attached hydrogens (tertiary/aromatic N) is 2. The van der Waals surface area contributed by atoms with Crippen LogP contribution < -0.4 is 0 Å². The molecule has 16 aromatic carbocycles. The molecule has 0 spiro atoms. The lowest BCUT2D eigenvalue weighted by Gasteiger charge is -2.23. The second-order valence-electron chi connectivity index (χ2n) is 42.1. The predicted molar refractivity (Wildman–Crippen MR) is 560 cm³/mol. The Hall–Kier alpha value is -13.5. The van der Waals surface area contributed by atoms with Crippen molar-refractivity contribution in [3.05, 3.63) is 405 Å². The highest BCUT2D eigenvalue weighted by Crippen LogP contribution is 2.53. The first-order valence-corrected chi connectivity index (χ1v) is 46.7. The molecule has 2 heterocycles. The van der Waals surface area contributed by atoms with Crippen molar-refractivity contribution in [1.29, 1.82) is 0 Å². The van der Waals surface area contributed by atoms with E-state index in [1.165, 1.54) is 167 Å². The standard InChI is InChI=1S/C128H120N2/c1-77-52-106(124(9,10)11)53-78(2)120(77)95-44-30-39-90(63-95)101-67-99(68-102(71-101)91-40-31-45-96(64-91)121-79(3)54-107(55-80(121)4)125(12,13)14)87-36-27-34-85(60-87)86-35-28-37-88(61-86)105-73-116(129-119(74-105)130-117-51-26-24-49-111(117)113-75-112-110-48-23-25-50-114(110)128(21,22)115(112)76-118(113)130)94-43-29-38-89(62-94)100-69-103(92-41-32-46-97(65-92)122-81(5)56-108(57-82(122)6)126(15,16)17)72-104(70-100)93-42-33-47-98(66-93)123-83(7)58-109(59-84(123)8)127(18,19)20/h23-76H,1-22H3. The number of rotatable bonds is 14. The molecule has 2 heteroatoms. The summed E-state index contributed by atoms with van der Waals surface area (Å²) in [4.78, 5) is 5.97. The SMILES string of the molecule is Cc1cc(C(C)(C)C)cc(C)c1-c1cccc(-c2cc(-c3cccc(-c4cccc(-c5cc(-c6cccc(-c7cc(-c8cccc(-c9c(C)cc(C(C)(C)C)cc9C)c8)cc(-c8cccc(-c9c(C)cc(C(C)(C)C)cc9C)c8)c7)c6)nc(-n6c7ccccc7c7cc8c(cc76)C(C)(C)c6ccccc6-8)c5)c4)c3)cc(-c3cccc(-c4c(C)cc(C(C)(C)C)cc4C)c3)c2)c1. The number of hydrogen-bond donors (Lipinski definition) is 0. The van der Waals surface area contributed by atoms with Crippen molar-refractivity contribution < 1.29 is 0 Å². The van der Waals surface area contributed by atoms with Crippen LogP contribution in [0.2, 0.25) is 0 Å². The van der Waals surface area contributed by atoms with Crippen LogP contribution in [0.4, 0.5) is 0 Å². The smallest absolute Gasteiger partial charge is 0.138 e. The zero-order valence-corrected chi connectivity index (χ0v) is 80.1. The number of pyridine rings is 1. The van der Waals surface area contributed by atoms with Crippen LogP contribution in [0.25, 0.3) is 184 Å². The number of benzene rings is 16. The third kappa shape index (κ3) is 16.1. The summed E-state index contributed by atoms with van der Waals surface area (Å²) in [6, 6.07) is 126. The molecule has 0 amide bonds. The lowest BCUT2D eigenvalue weighted by Crippen LogP contribution is -2.15. The predicted octanol–water partition coefficient (Wildman–Crippen LogP) is 35.8. The number of aromatic nitrogens is 2. The van der Waals surface area contributed by atoms with Gasteiger partial charge in [0.05, 0.1) is 16.7 Å². The molecule has 0 bridgehead atoms. The summed E-state index contributed by atoms with van der Waals surface area (Å²) < 4.78 is 2.45. The fourth-order valence-corrected chi connectivity index (χ4v) is 21.0. The van der Waals surface area contributed by atoms with Crippen LogP contribution in [0, 0.1) is 55.4 Å². The van der Waals surface area contributed by atoms with Crippen molar-refractivity contribution in [3.63, 3.8) is 0 Å². The van der Waals surface area contributed by atoms with Gasteiger partial charge in [0, 0.05) is 21.8 Å². The summed E-state index contributed by atoms with van der Waals surface area (Å²) in [6.07, 6.45) is 0. The van der Waals surface area contributed by atoms with Gasteiger partial charge in [-0.15, -0.1) is 0 Å². The second kappa shape index (κ2) is 32.6. The van der Waals surface area contributed by atoms with Gasteiger partial charge >= 0.3 is 0 Å². The average molecular weight is 1690 g/mol. The van der Waals surface area contributed by atoms with Crippen molar-refractivity contribution in [2.24, 2.45) is 0 Å². The third-order valence-corrected chi connectivity index (χ3v) is 28.0. The minimum Gasteiger partial charge on any atom is -0.294 e. The lowest BCUT2D eigenvalue weighted by atomic mass is 9.82. The molecule has 0 saturated carbocycles. The van der Waals surface area contributed by atoms with Crippen molar-refractivity contribution >= 4 is 21.8 Å². The van der Waals surface area contributed by atoms with Crippen LogP contribution in [-0.4, -0.2) is 9.55 Å². The van der Waals surface area contributed by atoms with Crippen LogP contribution >= 0.6 is 0 Å². The Bertz CT molecular complexity index is 7260. The molecule has 0 N–H and O–H groups in total. The molecule has 0 unspecified atom stereocenters. The Labute approximate surface area is 772 Å². The molecule has 2 nitrogen and oxygen atoms in total. The maximum Gasteiger partial charge on any atom is 0.138 e. The Morgan fingerprint density at radius 1 is 0.208 bits per heavy atom. The van der Waals surface area contributed by atoms with E-state index < -0.39 is 0 Å². The van der Waals surface area contributed by atoms with Gasteiger partial charge in [0.2, 0.25) is 0 Å². The zero-order valence-electron chi connectivity index (χ0n) is 80.1. The van der Waals surface area contributed by atoms with Gasteiger partial charge in [0.1, 0.15) is 5.82 Å². The minimum atomic E-state index is -0.227. The maximum atomic E-state index is 5.97. The summed E-state index contributed by atoms with van der Waals surface area (Å²) in [6.45, 7) is 50.7. The molecule has 0 aliphatic heterocycles. The number of fused-ring (bicyclic) bond motifs is 6. The third-order valence-electron chi connectivity index (χ3n) is 28.0. The largest absolute Gasteiger partial charge is 0.294 e. The fourth-order valence-electron chi connectivity index (χ4n) is 21.0. The van der Waals surface area contributed by atoms with Gasteiger partial charge in [-0.2, -0.15) is 0 Å². The molecule has 0 radical (unpaired) electrons. The van der Waals surface area contributed by atoms with Gasteiger partial charge in [-0.1, -0.05) is 315 Å². The Morgan fingerprint density at radius 3 is 0.800 bits per heavy atom. The molecular weight excluding hydrogens is 1570 g/mol. The number of aryl methyl sites for hydroxylation is 8. The van der Waals surface area contributed by atoms with E-state index in [1.54, 1.807) is 0 Å². The van der Waals surface area contributed by atoms with Crippen molar-refractivity contribution in [3.8, 4) is 162 Å². The van der Waals surface area contributed by atoms with E-state index in [1.807, 2.05) is 0 Å². The summed E-state index contributed by atoms with van der Waals surface area (Å²) in [7, 11) is 0. The molecule has 1 aliphatic rings. The molecule has 0 saturated heterocycles. The molecule has 18 aromatic rings. The van der Waals surface area contributed by atoms with E-state index in [0.29, 0.717) is 0 Å². The molecule has 642 valence electrons.